The molecule has 2 aliphatic rings. The van der Waals surface area contributed by atoms with E-state index in [0.717, 1.165) is 38.5 Å². The molecular formula is C12H21N5O. The molecule has 0 aromatic carbocycles. The zero-order valence-electron chi connectivity index (χ0n) is 10.5. The van der Waals surface area contributed by atoms with Crippen molar-refractivity contribution >= 4 is 5.82 Å². The van der Waals surface area contributed by atoms with Crippen molar-refractivity contribution in [1.82, 2.24) is 15.1 Å². The lowest BCUT2D eigenvalue weighted by Crippen LogP contribution is -2.44. The van der Waals surface area contributed by atoms with Gasteiger partial charge < -0.3 is 21.1 Å². The molecule has 2 saturated heterocycles. The van der Waals surface area contributed by atoms with Gasteiger partial charge in [-0.25, -0.2) is 4.68 Å². The van der Waals surface area contributed by atoms with Gasteiger partial charge in [-0.15, -0.1) is 0 Å². The highest BCUT2D eigenvalue weighted by molar-refractivity contribution is 5.35. The maximum atomic E-state index is 5.75. The Bertz CT molecular complexity index is 390. The summed E-state index contributed by atoms with van der Waals surface area (Å²) in [5.74, 6) is 1.56. The number of aromatic nitrogens is 2. The minimum Gasteiger partial charge on any atom is -0.376 e. The van der Waals surface area contributed by atoms with Crippen LogP contribution >= 0.6 is 0 Å². The van der Waals surface area contributed by atoms with Gasteiger partial charge in [0.05, 0.1) is 18.3 Å². The Hall–Kier alpha value is -1.11. The molecule has 0 amide bonds. The largest absolute Gasteiger partial charge is 0.376 e. The topological polar surface area (TPSA) is 77.1 Å². The maximum Gasteiger partial charge on any atom is 0.124 e. The van der Waals surface area contributed by atoms with E-state index in [9.17, 15) is 0 Å². The predicted molar refractivity (Wildman–Crippen MR) is 69.5 cm³/mol. The molecular weight excluding hydrogens is 230 g/mol. The second-order valence-electron chi connectivity index (χ2n) is 5.05. The van der Waals surface area contributed by atoms with Crippen molar-refractivity contribution < 1.29 is 4.74 Å². The molecule has 2 unspecified atom stereocenters. The fourth-order valence-corrected chi connectivity index (χ4v) is 2.58. The van der Waals surface area contributed by atoms with Gasteiger partial charge in [-0.2, -0.15) is 5.10 Å². The molecule has 1 aromatic heterocycles. The van der Waals surface area contributed by atoms with Crippen molar-refractivity contribution in [2.45, 2.75) is 18.6 Å². The van der Waals surface area contributed by atoms with Crippen LogP contribution in [0.5, 0.6) is 0 Å². The molecule has 0 saturated carbocycles. The number of rotatable bonds is 5. The average molecular weight is 251 g/mol. The van der Waals surface area contributed by atoms with Crippen LogP contribution in [0, 0.1) is 5.92 Å². The second-order valence-corrected chi connectivity index (χ2v) is 5.05. The third kappa shape index (κ3) is 2.23. The molecule has 3 rings (SSSR count). The van der Waals surface area contributed by atoms with E-state index in [1.807, 2.05) is 12.3 Å². The Kier molecular flexibility index (Phi) is 3.49. The lowest BCUT2D eigenvalue weighted by Gasteiger charge is -2.29. The van der Waals surface area contributed by atoms with E-state index in [-0.39, 0.29) is 6.10 Å². The zero-order valence-corrected chi connectivity index (χ0v) is 10.5. The van der Waals surface area contributed by atoms with E-state index in [2.05, 4.69) is 20.4 Å². The van der Waals surface area contributed by atoms with Crippen LogP contribution in [-0.4, -0.2) is 48.7 Å². The van der Waals surface area contributed by atoms with Gasteiger partial charge in [0, 0.05) is 38.2 Å². The SMILES string of the molecule is NCC1CCOC1CNc1ccnn1C1CNC1. The summed E-state index contributed by atoms with van der Waals surface area (Å²) in [6, 6.07) is 2.50. The minimum absolute atomic E-state index is 0.234. The molecule has 0 radical (unpaired) electrons. The number of nitrogens with one attached hydrogen (secondary N) is 2. The summed E-state index contributed by atoms with van der Waals surface area (Å²) < 4.78 is 7.77. The van der Waals surface area contributed by atoms with Gasteiger partial charge in [0.1, 0.15) is 5.82 Å². The second kappa shape index (κ2) is 5.26. The summed E-state index contributed by atoms with van der Waals surface area (Å²) in [5.41, 5.74) is 5.75. The first-order valence-corrected chi connectivity index (χ1v) is 6.68. The molecule has 3 heterocycles. The fourth-order valence-electron chi connectivity index (χ4n) is 2.58. The smallest absolute Gasteiger partial charge is 0.124 e. The molecule has 2 atom stereocenters. The van der Waals surface area contributed by atoms with E-state index in [4.69, 9.17) is 10.5 Å². The van der Waals surface area contributed by atoms with Crippen molar-refractivity contribution in [2.24, 2.45) is 11.7 Å². The van der Waals surface area contributed by atoms with Crippen LogP contribution in [0.2, 0.25) is 0 Å². The number of nitrogens with zero attached hydrogens (tertiary/aromatic N) is 2. The Balaban J connectivity index is 1.57. The summed E-state index contributed by atoms with van der Waals surface area (Å²) in [7, 11) is 0. The van der Waals surface area contributed by atoms with Crippen molar-refractivity contribution in [1.29, 1.82) is 0 Å². The Morgan fingerprint density at radius 1 is 1.56 bits per heavy atom. The number of ether oxygens (including phenoxy) is 1. The number of hydrogen-bond donors (Lipinski definition) is 3. The number of nitrogens with two attached hydrogens (primary N) is 1. The highest BCUT2D eigenvalue weighted by Crippen LogP contribution is 2.22. The van der Waals surface area contributed by atoms with E-state index in [0.29, 0.717) is 18.5 Å². The highest BCUT2D eigenvalue weighted by atomic mass is 16.5. The summed E-state index contributed by atoms with van der Waals surface area (Å²) in [4.78, 5) is 0. The van der Waals surface area contributed by atoms with E-state index >= 15 is 0 Å². The van der Waals surface area contributed by atoms with Crippen molar-refractivity contribution in [3.8, 4) is 0 Å². The molecule has 1 aromatic rings. The third-order valence-corrected chi connectivity index (χ3v) is 3.91. The number of anilines is 1. The molecule has 0 aliphatic carbocycles. The van der Waals surface area contributed by atoms with Crippen LogP contribution in [0.4, 0.5) is 5.82 Å². The summed E-state index contributed by atoms with van der Waals surface area (Å²) >= 11 is 0. The highest BCUT2D eigenvalue weighted by Gasteiger charge is 2.27. The Morgan fingerprint density at radius 3 is 3.17 bits per heavy atom. The first-order chi connectivity index (χ1) is 8.88. The van der Waals surface area contributed by atoms with Gasteiger partial charge in [0.25, 0.3) is 0 Å². The lowest BCUT2D eigenvalue weighted by molar-refractivity contribution is 0.102. The van der Waals surface area contributed by atoms with E-state index in [1.54, 1.807) is 0 Å². The monoisotopic (exact) mass is 251 g/mol. The molecule has 4 N–H and O–H groups in total. The van der Waals surface area contributed by atoms with Gasteiger partial charge in [0.15, 0.2) is 0 Å². The molecule has 18 heavy (non-hydrogen) atoms. The fraction of sp³-hybridized carbons (Fsp3) is 0.750. The first-order valence-electron chi connectivity index (χ1n) is 6.68. The molecule has 2 aliphatic heterocycles. The lowest BCUT2D eigenvalue weighted by atomic mass is 10.0. The van der Waals surface area contributed by atoms with E-state index < -0.39 is 0 Å². The van der Waals surface area contributed by atoms with Crippen molar-refractivity contribution in [3.05, 3.63) is 12.3 Å². The normalized spacial score (nSPS) is 28.3. The maximum absolute atomic E-state index is 5.75. The molecule has 2 fully saturated rings. The van der Waals surface area contributed by atoms with Crippen molar-refractivity contribution in [3.63, 3.8) is 0 Å². The molecule has 100 valence electrons. The average Bonchev–Trinajstić information content (AvgIpc) is 2.92. The van der Waals surface area contributed by atoms with Gasteiger partial charge in [-0.1, -0.05) is 0 Å². The van der Waals surface area contributed by atoms with Crippen LogP contribution in [0.1, 0.15) is 12.5 Å². The number of hydrogen-bond acceptors (Lipinski definition) is 5. The van der Waals surface area contributed by atoms with Gasteiger partial charge in [-0.05, 0) is 13.0 Å². The third-order valence-electron chi connectivity index (χ3n) is 3.91. The summed E-state index contributed by atoms with van der Waals surface area (Å²) in [6.07, 6.45) is 3.16. The van der Waals surface area contributed by atoms with Crippen LogP contribution in [0.3, 0.4) is 0 Å². The molecule has 0 bridgehead atoms. The molecule has 6 heteroatoms. The standard InChI is InChI=1S/C12H21N5O/c13-5-9-2-4-18-11(9)8-15-12-1-3-16-17(12)10-6-14-7-10/h1,3,9-11,14-15H,2,4-8,13H2. The first kappa shape index (κ1) is 12.0. The zero-order chi connectivity index (χ0) is 12.4. The minimum atomic E-state index is 0.234. The van der Waals surface area contributed by atoms with Crippen LogP contribution in [0.25, 0.3) is 0 Å². The Morgan fingerprint density at radius 2 is 2.44 bits per heavy atom. The van der Waals surface area contributed by atoms with Crippen LogP contribution in [0.15, 0.2) is 12.3 Å². The van der Waals surface area contributed by atoms with Gasteiger partial charge in [-0.3, -0.25) is 0 Å². The quantitative estimate of drug-likeness (QED) is 0.676. The van der Waals surface area contributed by atoms with Crippen molar-refractivity contribution in [2.75, 3.05) is 38.1 Å². The van der Waals surface area contributed by atoms with E-state index in [1.165, 1.54) is 0 Å². The van der Waals surface area contributed by atoms with Crippen LogP contribution in [-0.2, 0) is 4.74 Å². The summed E-state index contributed by atoms with van der Waals surface area (Å²) in [6.45, 7) is 4.36. The molecule has 0 spiro atoms. The Labute approximate surface area is 107 Å². The van der Waals surface area contributed by atoms with Crippen LogP contribution < -0.4 is 16.4 Å². The van der Waals surface area contributed by atoms with Gasteiger partial charge >= 0.3 is 0 Å². The summed E-state index contributed by atoms with van der Waals surface area (Å²) in [5, 5.41) is 11.1. The molecule has 6 nitrogen and oxygen atoms in total. The predicted octanol–water partition coefficient (Wildman–Crippen LogP) is -0.197. The van der Waals surface area contributed by atoms with Gasteiger partial charge in [0.2, 0.25) is 0 Å².